The number of piperidine rings is 1. The Bertz CT molecular complexity index is 842. The van der Waals surface area contributed by atoms with Crippen LogP contribution < -0.4 is 0 Å². The van der Waals surface area contributed by atoms with E-state index in [0.717, 1.165) is 30.8 Å². The third kappa shape index (κ3) is 2.86. The second-order valence-corrected chi connectivity index (χ2v) is 7.63. The van der Waals surface area contributed by atoms with Gasteiger partial charge in [-0.1, -0.05) is 24.3 Å². The Kier molecular flexibility index (Phi) is 4.15. The smallest absolute Gasteiger partial charge is 0.227 e. The molecule has 1 aromatic carbocycles. The Hall–Kier alpha value is -2.07. The summed E-state index contributed by atoms with van der Waals surface area (Å²) in [7, 11) is 2.16. The molecule has 3 aromatic rings. The SMILES string of the molecule is Cn1c(C2CCN(C(=O)Cc3cccs3)CC2)cc2ccccc21. The number of para-hydroxylation sites is 1. The minimum Gasteiger partial charge on any atom is -0.347 e. The van der Waals surface area contributed by atoms with Gasteiger partial charge in [0.15, 0.2) is 0 Å². The number of fused-ring (bicyclic) bond motifs is 1. The van der Waals surface area contributed by atoms with Crippen LogP contribution in [0.25, 0.3) is 10.9 Å². The molecule has 1 fully saturated rings. The molecule has 0 radical (unpaired) electrons. The van der Waals surface area contributed by atoms with Crippen LogP contribution in [-0.4, -0.2) is 28.5 Å². The van der Waals surface area contributed by atoms with E-state index in [0.29, 0.717) is 12.3 Å². The number of hydrogen-bond donors (Lipinski definition) is 0. The molecular weight excluding hydrogens is 316 g/mol. The molecule has 0 spiro atoms. The Labute approximate surface area is 146 Å². The maximum atomic E-state index is 12.4. The topological polar surface area (TPSA) is 25.2 Å². The summed E-state index contributed by atoms with van der Waals surface area (Å²) in [6, 6.07) is 14.9. The monoisotopic (exact) mass is 338 g/mol. The van der Waals surface area contributed by atoms with Crippen molar-refractivity contribution >= 4 is 28.1 Å². The molecule has 3 nitrogen and oxygen atoms in total. The van der Waals surface area contributed by atoms with Crippen molar-refractivity contribution in [1.82, 2.24) is 9.47 Å². The minimum absolute atomic E-state index is 0.271. The number of aromatic nitrogens is 1. The molecule has 124 valence electrons. The summed E-state index contributed by atoms with van der Waals surface area (Å²) >= 11 is 1.67. The lowest BCUT2D eigenvalue weighted by atomic mass is 9.93. The Morgan fingerprint density at radius 1 is 1.17 bits per heavy atom. The molecule has 4 heteroatoms. The fourth-order valence-corrected chi connectivity index (χ4v) is 4.50. The number of nitrogens with zero attached hydrogens (tertiary/aromatic N) is 2. The van der Waals surface area contributed by atoms with Crippen molar-refractivity contribution in [2.24, 2.45) is 7.05 Å². The molecule has 3 heterocycles. The molecule has 1 amide bonds. The van der Waals surface area contributed by atoms with E-state index in [1.807, 2.05) is 22.4 Å². The zero-order valence-electron chi connectivity index (χ0n) is 13.9. The van der Waals surface area contributed by atoms with Gasteiger partial charge >= 0.3 is 0 Å². The molecule has 0 N–H and O–H groups in total. The number of benzene rings is 1. The summed E-state index contributed by atoms with van der Waals surface area (Å²) in [6.07, 6.45) is 2.66. The number of aryl methyl sites for hydroxylation is 1. The standard InChI is InChI=1S/C20H22N2OS/c1-21-18-7-3-2-5-16(18)13-19(21)15-8-10-22(11-9-15)20(23)14-17-6-4-12-24-17/h2-7,12-13,15H,8-11,14H2,1H3. The maximum Gasteiger partial charge on any atom is 0.227 e. The number of likely N-dealkylation sites (tertiary alicyclic amines) is 1. The van der Waals surface area contributed by atoms with Crippen LogP contribution in [0.5, 0.6) is 0 Å². The number of carbonyl (C=O) groups excluding carboxylic acids is 1. The normalized spacial score (nSPS) is 16.0. The summed E-state index contributed by atoms with van der Waals surface area (Å²) in [6.45, 7) is 1.74. The van der Waals surface area contributed by atoms with Gasteiger partial charge in [-0.25, -0.2) is 0 Å². The molecule has 4 rings (SSSR count). The first-order valence-electron chi connectivity index (χ1n) is 8.57. The largest absolute Gasteiger partial charge is 0.347 e. The van der Waals surface area contributed by atoms with E-state index in [9.17, 15) is 4.79 Å². The van der Waals surface area contributed by atoms with E-state index in [2.05, 4.69) is 41.9 Å². The zero-order chi connectivity index (χ0) is 16.5. The van der Waals surface area contributed by atoms with E-state index < -0.39 is 0 Å². The maximum absolute atomic E-state index is 12.4. The number of rotatable bonds is 3. The third-order valence-corrected chi connectivity index (χ3v) is 6.04. The summed E-state index contributed by atoms with van der Waals surface area (Å²) in [5.41, 5.74) is 2.70. The van der Waals surface area contributed by atoms with Crippen LogP contribution in [0.15, 0.2) is 47.8 Å². The van der Waals surface area contributed by atoms with Gasteiger partial charge in [0.25, 0.3) is 0 Å². The van der Waals surface area contributed by atoms with Gasteiger partial charge < -0.3 is 9.47 Å². The number of hydrogen-bond acceptors (Lipinski definition) is 2. The Balaban J connectivity index is 1.43. The van der Waals surface area contributed by atoms with Crippen LogP contribution in [0, 0.1) is 0 Å². The fraction of sp³-hybridized carbons (Fsp3) is 0.350. The van der Waals surface area contributed by atoms with Crippen LogP contribution in [0.2, 0.25) is 0 Å². The van der Waals surface area contributed by atoms with Crippen molar-refractivity contribution in [1.29, 1.82) is 0 Å². The number of amides is 1. The molecule has 1 aliphatic heterocycles. The summed E-state index contributed by atoms with van der Waals surface area (Å²) in [4.78, 5) is 15.6. The molecule has 0 bridgehead atoms. The minimum atomic E-state index is 0.271. The highest BCUT2D eigenvalue weighted by Crippen LogP contribution is 2.32. The summed E-state index contributed by atoms with van der Waals surface area (Å²) in [5, 5.41) is 3.35. The third-order valence-electron chi connectivity index (χ3n) is 5.16. The van der Waals surface area contributed by atoms with Crippen molar-refractivity contribution in [2.45, 2.75) is 25.2 Å². The van der Waals surface area contributed by atoms with Crippen molar-refractivity contribution in [3.8, 4) is 0 Å². The van der Waals surface area contributed by atoms with Gasteiger partial charge in [-0.3, -0.25) is 4.79 Å². The first kappa shape index (κ1) is 15.5. The second kappa shape index (κ2) is 6.44. The first-order chi connectivity index (χ1) is 11.7. The molecular formula is C20H22N2OS. The molecule has 0 saturated carbocycles. The van der Waals surface area contributed by atoms with Gasteiger partial charge in [-0.15, -0.1) is 11.3 Å². The molecule has 2 aromatic heterocycles. The molecule has 1 aliphatic rings. The van der Waals surface area contributed by atoms with E-state index in [4.69, 9.17) is 0 Å². The zero-order valence-corrected chi connectivity index (χ0v) is 14.8. The van der Waals surface area contributed by atoms with Crippen LogP contribution in [0.1, 0.15) is 29.3 Å². The number of thiophene rings is 1. The number of carbonyl (C=O) groups is 1. The molecule has 1 saturated heterocycles. The van der Waals surface area contributed by atoms with Crippen LogP contribution in [-0.2, 0) is 18.3 Å². The molecule has 0 atom stereocenters. The molecule has 0 aliphatic carbocycles. The molecule has 0 unspecified atom stereocenters. The van der Waals surface area contributed by atoms with Gasteiger partial charge in [-0.05, 0) is 41.8 Å². The highest BCUT2D eigenvalue weighted by Gasteiger charge is 2.25. The van der Waals surface area contributed by atoms with E-state index in [1.165, 1.54) is 16.6 Å². The highest BCUT2D eigenvalue weighted by molar-refractivity contribution is 7.10. The van der Waals surface area contributed by atoms with Crippen molar-refractivity contribution in [3.05, 3.63) is 58.4 Å². The highest BCUT2D eigenvalue weighted by atomic mass is 32.1. The van der Waals surface area contributed by atoms with Gasteiger partial charge in [0.05, 0.1) is 6.42 Å². The summed E-state index contributed by atoms with van der Waals surface area (Å²) in [5.74, 6) is 0.820. The lowest BCUT2D eigenvalue weighted by Gasteiger charge is -2.32. The van der Waals surface area contributed by atoms with Gasteiger partial charge in [0, 0.05) is 42.1 Å². The molecule has 24 heavy (non-hydrogen) atoms. The van der Waals surface area contributed by atoms with Crippen LogP contribution in [0.3, 0.4) is 0 Å². The van der Waals surface area contributed by atoms with Crippen molar-refractivity contribution in [2.75, 3.05) is 13.1 Å². The van der Waals surface area contributed by atoms with E-state index in [1.54, 1.807) is 11.3 Å². The first-order valence-corrected chi connectivity index (χ1v) is 9.45. The lowest BCUT2D eigenvalue weighted by Crippen LogP contribution is -2.38. The predicted molar refractivity (Wildman–Crippen MR) is 99.5 cm³/mol. The fourth-order valence-electron chi connectivity index (χ4n) is 3.80. The second-order valence-electron chi connectivity index (χ2n) is 6.60. The average Bonchev–Trinajstić information content (AvgIpc) is 3.23. The predicted octanol–water partition coefficient (Wildman–Crippen LogP) is 4.19. The van der Waals surface area contributed by atoms with Crippen LogP contribution in [0.4, 0.5) is 0 Å². The van der Waals surface area contributed by atoms with Crippen molar-refractivity contribution < 1.29 is 4.79 Å². The van der Waals surface area contributed by atoms with Crippen LogP contribution >= 0.6 is 11.3 Å². The Morgan fingerprint density at radius 2 is 1.96 bits per heavy atom. The quantitative estimate of drug-likeness (QED) is 0.703. The van der Waals surface area contributed by atoms with Crippen molar-refractivity contribution in [3.63, 3.8) is 0 Å². The van der Waals surface area contributed by atoms with Gasteiger partial charge in [0.2, 0.25) is 5.91 Å². The van der Waals surface area contributed by atoms with E-state index in [-0.39, 0.29) is 5.91 Å². The average molecular weight is 338 g/mol. The van der Waals surface area contributed by atoms with Gasteiger partial charge in [0.1, 0.15) is 0 Å². The summed E-state index contributed by atoms with van der Waals surface area (Å²) < 4.78 is 2.32. The van der Waals surface area contributed by atoms with Gasteiger partial charge in [-0.2, -0.15) is 0 Å². The lowest BCUT2D eigenvalue weighted by molar-refractivity contribution is -0.131. The van der Waals surface area contributed by atoms with E-state index >= 15 is 0 Å². The Morgan fingerprint density at radius 3 is 2.67 bits per heavy atom.